The van der Waals surface area contributed by atoms with Crippen LogP contribution in [0.1, 0.15) is 76.3 Å². The zero-order chi connectivity index (χ0) is 45.1. The lowest BCUT2D eigenvalue weighted by atomic mass is 9.87. The molecule has 61 heavy (non-hydrogen) atoms. The number of ketones is 1. The van der Waals surface area contributed by atoms with Crippen LogP contribution in [0.4, 0.5) is 0 Å². The van der Waals surface area contributed by atoms with Gasteiger partial charge in [0.15, 0.2) is 17.7 Å². The molecule has 0 bridgehead atoms. The van der Waals surface area contributed by atoms with Crippen molar-refractivity contribution in [3.8, 4) is 5.75 Å². The molecule has 1 aliphatic heterocycles. The second-order valence-corrected chi connectivity index (χ2v) is 15.5. The molecule has 7 atom stereocenters. The molecule has 2 aromatic carbocycles. The van der Waals surface area contributed by atoms with E-state index in [-0.39, 0.29) is 81.7 Å². The zero-order valence-electron chi connectivity index (χ0n) is 35.0. The number of hydrogen-bond acceptors (Lipinski definition) is 10. The number of benzene rings is 2. The first-order valence-electron chi connectivity index (χ1n) is 20.7. The van der Waals surface area contributed by atoms with E-state index >= 15 is 0 Å². The Bertz CT molecular complexity index is 1840. The van der Waals surface area contributed by atoms with Crippen LogP contribution in [0.5, 0.6) is 5.75 Å². The first-order chi connectivity index (χ1) is 29.0. The summed E-state index contributed by atoms with van der Waals surface area (Å²) in [5, 5.41) is 28.3. The van der Waals surface area contributed by atoms with E-state index in [0.29, 0.717) is 31.2 Å². The summed E-state index contributed by atoms with van der Waals surface area (Å²) in [5.41, 5.74) is 29.2. The van der Waals surface area contributed by atoms with Gasteiger partial charge in [0.2, 0.25) is 23.6 Å². The number of carboxylic acids is 1. The number of Topliss-reactive ketones (excluding diaryl/α,β-unsaturated/α-hetero) is 1. The molecular formula is C42H63N11O8. The lowest BCUT2D eigenvalue weighted by molar-refractivity contribution is -0.144. The Kier molecular flexibility index (Phi) is 19.9. The number of phenols is 1. The van der Waals surface area contributed by atoms with Gasteiger partial charge in [0, 0.05) is 32.5 Å². The lowest BCUT2D eigenvalue weighted by Gasteiger charge is -2.31. The van der Waals surface area contributed by atoms with E-state index in [1.54, 1.807) is 43.3 Å². The van der Waals surface area contributed by atoms with Crippen LogP contribution in [-0.2, 0) is 41.6 Å². The number of aliphatic imine (C=N–C) groups is 2. The van der Waals surface area contributed by atoms with Crippen molar-refractivity contribution in [3.05, 3.63) is 65.7 Å². The van der Waals surface area contributed by atoms with Crippen LogP contribution in [0.15, 0.2) is 64.6 Å². The fourth-order valence-electron chi connectivity index (χ4n) is 7.08. The van der Waals surface area contributed by atoms with Crippen LogP contribution in [0.2, 0.25) is 0 Å². The van der Waals surface area contributed by atoms with E-state index in [0.717, 1.165) is 5.56 Å². The number of rotatable bonds is 25. The second-order valence-electron chi connectivity index (χ2n) is 15.5. The number of likely N-dealkylation sites (tertiary alicyclic amines) is 1. The van der Waals surface area contributed by atoms with Crippen LogP contribution < -0.4 is 44.6 Å². The molecule has 15 N–H and O–H groups in total. The quantitative estimate of drug-likeness (QED) is 0.0351. The number of hydrogen-bond donors (Lipinski definition) is 10. The SMILES string of the molecule is CC[C@H](C)[C@@H](NC(=O)[C@H](Cc1ccc(O)cc1)NC(=O)[C@@H]1CCCN1C(=O)[C@H](CCCN=C(N)N)NC(=O)[C@@H](N)CCCN=C(N)N)C(=O)C[C@H](Cc1ccccc1)C(=O)O. The third-order valence-corrected chi connectivity index (χ3v) is 10.7. The summed E-state index contributed by atoms with van der Waals surface area (Å²) in [7, 11) is 0. The largest absolute Gasteiger partial charge is 0.508 e. The van der Waals surface area contributed by atoms with Gasteiger partial charge in [0.1, 0.15) is 23.9 Å². The monoisotopic (exact) mass is 849 g/mol. The molecule has 2 aromatic rings. The number of nitrogens with two attached hydrogens (primary N) is 5. The van der Waals surface area contributed by atoms with Crippen LogP contribution in [0, 0.1) is 11.8 Å². The van der Waals surface area contributed by atoms with Crippen molar-refractivity contribution in [1.29, 1.82) is 0 Å². The van der Waals surface area contributed by atoms with Crippen molar-refractivity contribution in [3.63, 3.8) is 0 Å². The fraction of sp³-hybridized carbons (Fsp3) is 0.524. The Hall–Kier alpha value is -6.24. The number of phenolic OH excluding ortho intramolecular Hbond substituents is 1. The van der Waals surface area contributed by atoms with Gasteiger partial charge in [-0.05, 0) is 74.1 Å². The summed E-state index contributed by atoms with van der Waals surface area (Å²) in [5.74, 6) is -5.71. The number of nitrogens with one attached hydrogen (secondary N) is 3. The maximum Gasteiger partial charge on any atom is 0.307 e. The standard InChI is InChI=1S/C42H63N11O8/c1-3-25(2)35(34(55)24-28(40(60)61)22-26-10-5-4-6-11-26)52-37(57)32(23-27-15-17-29(54)18-16-27)51-38(58)33-14-9-21-53(33)39(59)31(13-8-20-49-42(46)47)50-36(56)30(43)12-7-19-48-41(44)45/h4-6,10-11,15-18,25,28,30-33,35,54H,3,7-9,12-14,19-24,43H2,1-2H3,(H,50,56)(H,51,58)(H,52,57)(H,60,61)(H4,44,45,48)(H4,46,47,49)/t25-,28-,30-,31-,32-,33-,35+/m0/s1. The van der Waals surface area contributed by atoms with Crippen LogP contribution in [-0.4, -0.2) is 112 Å². The Balaban J connectivity index is 1.84. The third kappa shape index (κ3) is 16.4. The molecule has 1 heterocycles. The molecule has 4 amide bonds. The van der Waals surface area contributed by atoms with Gasteiger partial charge in [-0.3, -0.25) is 38.8 Å². The van der Waals surface area contributed by atoms with E-state index in [9.17, 15) is 39.0 Å². The van der Waals surface area contributed by atoms with E-state index in [1.807, 2.05) is 13.0 Å². The molecule has 1 fully saturated rings. The number of carbonyl (C=O) groups is 6. The minimum atomic E-state index is -1.25. The summed E-state index contributed by atoms with van der Waals surface area (Å²) in [6.07, 6.45) is 2.01. The Morgan fingerprint density at radius 2 is 1.41 bits per heavy atom. The summed E-state index contributed by atoms with van der Waals surface area (Å²) in [6.45, 7) is 4.24. The predicted molar refractivity (Wildman–Crippen MR) is 230 cm³/mol. The smallest absolute Gasteiger partial charge is 0.307 e. The highest BCUT2D eigenvalue weighted by molar-refractivity contribution is 5.97. The van der Waals surface area contributed by atoms with Crippen LogP contribution in [0.25, 0.3) is 0 Å². The van der Waals surface area contributed by atoms with E-state index in [2.05, 4.69) is 25.9 Å². The van der Waals surface area contributed by atoms with Gasteiger partial charge in [-0.1, -0.05) is 62.7 Å². The summed E-state index contributed by atoms with van der Waals surface area (Å²) < 4.78 is 0. The maximum absolute atomic E-state index is 14.2. The van der Waals surface area contributed by atoms with Crippen molar-refractivity contribution in [1.82, 2.24) is 20.9 Å². The molecule has 19 nitrogen and oxygen atoms in total. The molecule has 0 unspecified atom stereocenters. The predicted octanol–water partition coefficient (Wildman–Crippen LogP) is -0.237. The Labute approximate surface area is 356 Å². The van der Waals surface area contributed by atoms with Crippen molar-refractivity contribution >= 4 is 47.3 Å². The van der Waals surface area contributed by atoms with Gasteiger partial charge in [0.05, 0.1) is 18.0 Å². The molecule has 1 aliphatic rings. The summed E-state index contributed by atoms with van der Waals surface area (Å²) in [4.78, 5) is 91.1. The van der Waals surface area contributed by atoms with Crippen molar-refractivity contribution < 1.29 is 39.0 Å². The molecule has 334 valence electrons. The van der Waals surface area contributed by atoms with Gasteiger partial charge in [-0.25, -0.2) is 0 Å². The average Bonchev–Trinajstić information content (AvgIpc) is 3.72. The fourth-order valence-corrected chi connectivity index (χ4v) is 7.08. The highest BCUT2D eigenvalue weighted by Gasteiger charge is 2.40. The van der Waals surface area contributed by atoms with Gasteiger partial charge in [-0.15, -0.1) is 0 Å². The van der Waals surface area contributed by atoms with Gasteiger partial charge < -0.3 is 59.7 Å². The summed E-state index contributed by atoms with van der Waals surface area (Å²) in [6, 6.07) is 9.59. The minimum absolute atomic E-state index is 0.00772. The molecule has 0 aliphatic carbocycles. The number of nitrogens with zero attached hydrogens (tertiary/aromatic N) is 3. The number of carboxylic acid groups (broad SMARTS) is 1. The number of amides is 4. The number of carbonyl (C=O) groups excluding carboxylic acids is 5. The minimum Gasteiger partial charge on any atom is -0.508 e. The molecule has 19 heteroatoms. The Morgan fingerprint density at radius 3 is 2.00 bits per heavy atom. The van der Waals surface area contributed by atoms with E-state index < -0.39 is 71.5 Å². The highest BCUT2D eigenvalue weighted by Crippen LogP contribution is 2.22. The van der Waals surface area contributed by atoms with Gasteiger partial charge >= 0.3 is 5.97 Å². The van der Waals surface area contributed by atoms with E-state index in [1.165, 1.54) is 17.0 Å². The van der Waals surface area contributed by atoms with Crippen LogP contribution in [0.3, 0.4) is 0 Å². The molecule has 3 rings (SSSR count). The molecule has 1 saturated heterocycles. The van der Waals surface area contributed by atoms with Crippen LogP contribution >= 0.6 is 0 Å². The lowest BCUT2D eigenvalue weighted by Crippen LogP contribution is -2.59. The number of aromatic hydroxyl groups is 1. The molecular weight excluding hydrogens is 787 g/mol. The maximum atomic E-state index is 14.2. The number of guanidine groups is 2. The van der Waals surface area contributed by atoms with E-state index in [4.69, 9.17) is 28.7 Å². The van der Waals surface area contributed by atoms with Gasteiger partial charge in [0.25, 0.3) is 0 Å². The van der Waals surface area contributed by atoms with Gasteiger partial charge in [-0.2, -0.15) is 0 Å². The zero-order valence-corrected chi connectivity index (χ0v) is 35.0. The topological polar surface area (TPSA) is 337 Å². The first-order valence-corrected chi connectivity index (χ1v) is 20.7. The van der Waals surface area contributed by atoms with Crippen molar-refractivity contribution in [2.45, 2.75) is 108 Å². The molecule has 0 saturated carbocycles. The number of aliphatic carboxylic acids is 1. The van der Waals surface area contributed by atoms with Crippen molar-refractivity contribution in [2.24, 2.45) is 50.5 Å². The molecule has 0 radical (unpaired) electrons. The first kappa shape index (κ1) is 49.1. The third-order valence-electron chi connectivity index (χ3n) is 10.7. The Morgan fingerprint density at radius 1 is 0.803 bits per heavy atom. The van der Waals surface area contributed by atoms with Crippen molar-refractivity contribution in [2.75, 3.05) is 19.6 Å². The summed E-state index contributed by atoms with van der Waals surface area (Å²) >= 11 is 0. The average molecular weight is 850 g/mol. The molecule has 0 spiro atoms. The normalized spacial score (nSPS) is 16.4. The molecule has 0 aromatic heterocycles. The highest BCUT2D eigenvalue weighted by atomic mass is 16.4. The second kappa shape index (κ2) is 24.7.